The van der Waals surface area contributed by atoms with E-state index >= 15 is 0 Å². The Kier molecular flexibility index (Phi) is 5.52. The van der Waals surface area contributed by atoms with Crippen LogP contribution in [0.3, 0.4) is 0 Å². The second-order valence-corrected chi connectivity index (χ2v) is 6.00. The van der Waals surface area contributed by atoms with E-state index < -0.39 is 16.9 Å². The third-order valence-corrected chi connectivity index (χ3v) is 2.68. The monoisotopic (exact) mass is 257 g/mol. The number of carbonyl (C=O) groups is 3. The fraction of sp³-hybridized carbons (Fsp3) is 0.769. The van der Waals surface area contributed by atoms with Gasteiger partial charge in [-0.05, 0) is 13.8 Å². The van der Waals surface area contributed by atoms with Gasteiger partial charge < -0.3 is 9.64 Å². The van der Waals surface area contributed by atoms with E-state index in [-0.39, 0.29) is 18.9 Å². The number of ether oxygens (including phenoxy) is 1. The van der Waals surface area contributed by atoms with Gasteiger partial charge in [0.05, 0.1) is 12.1 Å². The SMILES string of the molecule is CC(=O)OCC(C)(C)N(C=O)CC(=O)C(C)(C)C. The van der Waals surface area contributed by atoms with Gasteiger partial charge in [0, 0.05) is 12.3 Å². The van der Waals surface area contributed by atoms with Crippen LogP contribution in [-0.4, -0.2) is 41.8 Å². The van der Waals surface area contributed by atoms with Gasteiger partial charge >= 0.3 is 5.97 Å². The summed E-state index contributed by atoms with van der Waals surface area (Å²) < 4.78 is 4.91. The second-order valence-electron chi connectivity index (χ2n) is 6.00. The van der Waals surface area contributed by atoms with E-state index in [0.29, 0.717) is 6.41 Å². The minimum Gasteiger partial charge on any atom is -0.463 e. The summed E-state index contributed by atoms with van der Waals surface area (Å²) >= 11 is 0. The molecule has 0 aromatic carbocycles. The lowest BCUT2D eigenvalue weighted by atomic mass is 9.89. The van der Waals surface area contributed by atoms with Crippen LogP contribution in [0.25, 0.3) is 0 Å². The second kappa shape index (κ2) is 5.98. The smallest absolute Gasteiger partial charge is 0.302 e. The lowest BCUT2D eigenvalue weighted by Crippen LogP contribution is -2.50. The van der Waals surface area contributed by atoms with Gasteiger partial charge in [-0.25, -0.2) is 0 Å². The first-order valence-corrected chi connectivity index (χ1v) is 5.89. The number of esters is 1. The minimum absolute atomic E-state index is 0.0151. The van der Waals surface area contributed by atoms with E-state index in [0.717, 1.165) is 0 Å². The zero-order valence-corrected chi connectivity index (χ0v) is 12.1. The average molecular weight is 257 g/mol. The van der Waals surface area contributed by atoms with Gasteiger partial charge in [-0.2, -0.15) is 0 Å². The van der Waals surface area contributed by atoms with Crippen molar-refractivity contribution < 1.29 is 19.1 Å². The lowest BCUT2D eigenvalue weighted by Gasteiger charge is -2.35. The van der Waals surface area contributed by atoms with Crippen LogP contribution >= 0.6 is 0 Å². The number of nitrogens with zero attached hydrogens (tertiary/aromatic N) is 1. The van der Waals surface area contributed by atoms with Crippen molar-refractivity contribution in [3.63, 3.8) is 0 Å². The Morgan fingerprint density at radius 3 is 2.00 bits per heavy atom. The summed E-state index contributed by atoms with van der Waals surface area (Å²) in [5.41, 5.74) is -1.20. The Balaban J connectivity index is 4.71. The Hall–Kier alpha value is -1.39. The fourth-order valence-corrected chi connectivity index (χ4v) is 1.15. The molecule has 0 aromatic rings. The third kappa shape index (κ3) is 5.29. The maximum atomic E-state index is 11.9. The predicted octanol–water partition coefficient (Wildman–Crippen LogP) is 1.40. The summed E-state index contributed by atoms with van der Waals surface area (Å²) in [4.78, 5) is 35.2. The summed E-state index contributed by atoms with van der Waals surface area (Å²) in [6, 6.07) is 0. The van der Waals surface area contributed by atoms with E-state index in [2.05, 4.69) is 0 Å². The summed E-state index contributed by atoms with van der Waals surface area (Å²) in [7, 11) is 0. The van der Waals surface area contributed by atoms with Crippen molar-refractivity contribution >= 4 is 18.2 Å². The number of hydrogen-bond donors (Lipinski definition) is 0. The molecule has 0 spiro atoms. The van der Waals surface area contributed by atoms with Crippen LogP contribution < -0.4 is 0 Å². The summed E-state index contributed by atoms with van der Waals surface area (Å²) in [6.45, 7) is 10.3. The lowest BCUT2D eigenvalue weighted by molar-refractivity contribution is -0.148. The van der Waals surface area contributed by atoms with E-state index in [1.54, 1.807) is 34.6 Å². The molecule has 0 aliphatic rings. The van der Waals surface area contributed by atoms with Crippen molar-refractivity contribution in [3.05, 3.63) is 0 Å². The molecule has 5 heteroatoms. The molecular weight excluding hydrogens is 234 g/mol. The van der Waals surface area contributed by atoms with Crippen LogP contribution in [0.5, 0.6) is 0 Å². The average Bonchev–Trinajstić information content (AvgIpc) is 2.21. The summed E-state index contributed by atoms with van der Waals surface area (Å²) in [5, 5.41) is 0. The van der Waals surface area contributed by atoms with Gasteiger partial charge in [-0.3, -0.25) is 14.4 Å². The highest BCUT2D eigenvalue weighted by Gasteiger charge is 2.31. The molecule has 0 unspecified atom stereocenters. The summed E-state index contributed by atoms with van der Waals surface area (Å²) in [6.07, 6.45) is 0.618. The normalized spacial score (nSPS) is 11.9. The molecule has 0 N–H and O–H groups in total. The number of ketones is 1. The van der Waals surface area contributed by atoms with E-state index in [4.69, 9.17) is 4.74 Å². The number of Topliss-reactive ketones (excluding diaryl/α,β-unsaturated/α-hetero) is 1. The number of rotatable bonds is 6. The Morgan fingerprint density at radius 2 is 1.67 bits per heavy atom. The molecule has 0 radical (unpaired) electrons. The largest absolute Gasteiger partial charge is 0.463 e. The van der Waals surface area contributed by atoms with Crippen molar-refractivity contribution in [2.24, 2.45) is 5.41 Å². The van der Waals surface area contributed by atoms with Crippen LogP contribution in [-0.2, 0) is 19.1 Å². The highest BCUT2D eigenvalue weighted by Crippen LogP contribution is 2.19. The highest BCUT2D eigenvalue weighted by atomic mass is 16.5. The minimum atomic E-state index is -0.700. The van der Waals surface area contributed by atoms with Crippen LogP contribution in [0.15, 0.2) is 0 Å². The van der Waals surface area contributed by atoms with E-state index in [9.17, 15) is 14.4 Å². The number of amides is 1. The zero-order chi connectivity index (χ0) is 14.6. The highest BCUT2D eigenvalue weighted by molar-refractivity contribution is 5.86. The van der Waals surface area contributed by atoms with Crippen LogP contribution in [0, 0.1) is 5.41 Å². The summed E-state index contributed by atoms with van der Waals surface area (Å²) in [5.74, 6) is -0.443. The molecule has 0 atom stereocenters. The van der Waals surface area contributed by atoms with Crippen molar-refractivity contribution in [1.82, 2.24) is 4.90 Å². The van der Waals surface area contributed by atoms with Crippen molar-refractivity contribution in [2.45, 2.75) is 47.1 Å². The molecule has 0 aliphatic carbocycles. The van der Waals surface area contributed by atoms with Crippen LogP contribution in [0.1, 0.15) is 41.5 Å². The Bertz CT molecular complexity index is 328. The first-order chi connectivity index (χ1) is 8.00. The zero-order valence-electron chi connectivity index (χ0n) is 12.1. The molecular formula is C13H23NO4. The molecule has 0 heterocycles. The van der Waals surface area contributed by atoms with Gasteiger partial charge in [-0.15, -0.1) is 0 Å². The molecule has 5 nitrogen and oxygen atoms in total. The maximum Gasteiger partial charge on any atom is 0.302 e. The van der Waals surface area contributed by atoms with Crippen molar-refractivity contribution in [1.29, 1.82) is 0 Å². The molecule has 0 rings (SSSR count). The topological polar surface area (TPSA) is 63.7 Å². The fourth-order valence-electron chi connectivity index (χ4n) is 1.15. The van der Waals surface area contributed by atoms with Crippen molar-refractivity contribution in [3.8, 4) is 0 Å². The van der Waals surface area contributed by atoms with E-state index in [1.165, 1.54) is 11.8 Å². The molecule has 1 amide bonds. The third-order valence-electron chi connectivity index (χ3n) is 2.68. The van der Waals surface area contributed by atoms with Gasteiger partial charge in [0.1, 0.15) is 6.61 Å². The molecule has 104 valence electrons. The van der Waals surface area contributed by atoms with Gasteiger partial charge in [-0.1, -0.05) is 20.8 Å². The molecule has 0 saturated heterocycles. The Morgan fingerprint density at radius 1 is 1.17 bits per heavy atom. The van der Waals surface area contributed by atoms with E-state index in [1.807, 2.05) is 0 Å². The molecule has 0 aliphatic heterocycles. The molecule has 0 aromatic heterocycles. The van der Waals surface area contributed by atoms with Gasteiger partial charge in [0.25, 0.3) is 0 Å². The first-order valence-electron chi connectivity index (χ1n) is 5.89. The molecule has 0 fully saturated rings. The molecule has 0 bridgehead atoms. The van der Waals surface area contributed by atoms with Crippen LogP contribution in [0.2, 0.25) is 0 Å². The predicted molar refractivity (Wildman–Crippen MR) is 67.9 cm³/mol. The number of hydrogen-bond acceptors (Lipinski definition) is 4. The maximum absolute atomic E-state index is 11.9. The van der Waals surface area contributed by atoms with Gasteiger partial charge in [0.2, 0.25) is 6.41 Å². The Labute approximate surface area is 108 Å². The first kappa shape index (κ1) is 16.6. The van der Waals surface area contributed by atoms with Gasteiger partial charge in [0.15, 0.2) is 5.78 Å². The molecule has 18 heavy (non-hydrogen) atoms. The standard InChI is InChI=1S/C13H23NO4/c1-10(16)18-8-13(5,6)14(9-15)7-11(17)12(2,3)4/h9H,7-8H2,1-6H3. The molecule has 0 saturated carbocycles. The van der Waals surface area contributed by atoms with Crippen LogP contribution in [0.4, 0.5) is 0 Å². The quantitative estimate of drug-likeness (QED) is 0.533. The number of carbonyl (C=O) groups excluding carboxylic acids is 3. The van der Waals surface area contributed by atoms with Crippen molar-refractivity contribution in [2.75, 3.05) is 13.2 Å².